The van der Waals surface area contributed by atoms with E-state index in [9.17, 15) is 4.79 Å². The number of aryl methyl sites for hydroxylation is 1. The van der Waals surface area contributed by atoms with Crippen LogP contribution in [0.1, 0.15) is 53.8 Å². The topological polar surface area (TPSA) is 87.6 Å². The summed E-state index contributed by atoms with van der Waals surface area (Å²) in [7, 11) is 0. The van der Waals surface area contributed by atoms with Crippen LogP contribution in [0.4, 0.5) is 5.82 Å². The molecule has 4 rings (SSSR count). The lowest BCUT2D eigenvalue weighted by Gasteiger charge is -2.14. The fourth-order valence-corrected chi connectivity index (χ4v) is 3.38. The van der Waals surface area contributed by atoms with Crippen LogP contribution in [0.2, 0.25) is 0 Å². The molecule has 3 aromatic rings. The number of H-pyrrole nitrogens is 1. The van der Waals surface area contributed by atoms with Crippen LogP contribution in [0.25, 0.3) is 5.69 Å². The number of halogens is 1. The molecule has 1 aliphatic rings. The zero-order valence-corrected chi connectivity index (χ0v) is 18.0. The second-order valence-electron chi connectivity index (χ2n) is 8.33. The molecule has 0 aliphatic carbocycles. The smallest absolute Gasteiger partial charge is 0.277 e. The van der Waals surface area contributed by atoms with Gasteiger partial charge >= 0.3 is 0 Å². The van der Waals surface area contributed by atoms with Crippen molar-refractivity contribution >= 4 is 24.1 Å². The molecule has 7 nitrogen and oxygen atoms in total. The SMILES string of the molecule is Cc1cccc(-n2nc(C(C)(C)C)cc2NC(=O)c2n[nH]c3c2CNCC3)c1.Cl. The first-order valence-corrected chi connectivity index (χ1v) is 9.59. The highest BCUT2D eigenvalue weighted by atomic mass is 35.5. The Morgan fingerprint density at radius 3 is 2.76 bits per heavy atom. The number of carbonyl (C=O) groups is 1. The molecular formula is C21H27ClN6O. The van der Waals surface area contributed by atoms with Gasteiger partial charge in [0.15, 0.2) is 5.69 Å². The molecule has 8 heteroatoms. The number of aromatic nitrogens is 4. The Morgan fingerprint density at radius 1 is 1.24 bits per heavy atom. The Balaban J connectivity index is 0.00000240. The molecule has 0 fully saturated rings. The number of anilines is 1. The average Bonchev–Trinajstić information content (AvgIpc) is 3.25. The predicted octanol–water partition coefficient (Wildman–Crippen LogP) is 3.52. The van der Waals surface area contributed by atoms with Crippen molar-refractivity contribution in [1.29, 1.82) is 0 Å². The monoisotopic (exact) mass is 414 g/mol. The molecule has 1 amide bonds. The Bertz CT molecular complexity index is 1030. The molecule has 0 radical (unpaired) electrons. The van der Waals surface area contributed by atoms with E-state index < -0.39 is 0 Å². The summed E-state index contributed by atoms with van der Waals surface area (Å²) in [5.41, 5.74) is 5.25. The Kier molecular flexibility index (Phi) is 5.82. The molecule has 2 aromatic heterocycles. The number of hydrogen-bond acceptors (Lipinski definition) is 4. The molecule has 0 saturated carbocycles. The van der Waals surface area contributed by atoms with Gasteiger partial charge in [-0.3, -0.25) is 9.89 Å². The summed E-state index contributed by atoms with van der Waals surface area (Å²) < 4.78 is 1.79. The molecule has 29 heavy (non-hydrogen) atoms. The van der Waals surface area contributed by atoms with E-state index in [4.69, 9.17) is 5.10 Å². The summed E-state index contributed by atoms with van der Waals surface area (Å²) >= 11 is 0. The number of benzene rings is 1. The zero-order valence-electron chi connectivity index (χ0n) is 17.2. The van der Waals surface area contributed by atoms with Crippen molar-refractivity contribution in [2.24, 2.45) is 0 Å². The standard InChI is InChI=1S/C21H26N6O.ClH/c1-13-6-5-7-14(10-13)27-18(11-17(26-27)21(2,3)4)23-20(28)19-15-12-22-9-8-16(15)24-25-19;/h5-7,10-11,22H,8-9,12H2,1-4H3,(H,23,28)(H,24,25);1H. The number of nitrogens with zero attached hydrogens (tertiary/aromatic N) is 3. The van der Waals surface area contributed by atoms with Crippen LogP contribution in [-0.4, -0.2) is 32.4 Å². The highest BCUT2D eigenvalue weighted by Gasteiger charge is 2.25. The second-order valence-corrected chi connectivity index (χ2v) is 8.33. The lowest BCUT2D eigenvalue weighted by atomic mass is 9.92. The third kappa shape index (κ3) is 4.21. The number of hydrogen-bond donors (Lipinski definition) is 3. The van der Waals surface area contributed by atoms with E-state index in [2.05, 4.69) is 47.7 Å². The van der Waals surface area contributed by atoms with Crippen molar-refractivity contribution in [3.05, 3.63) is 58.5 Å². The van der Waals surface area contributed by atoms with E-state index in [1.807, 2.05) is 31.2 Å². The van der Waals surface area contributed by atoms with E-state index in [0.717, 1.165) is 41.2 Å². The van der Waals surface area contributed by atoms with E-state index in [1.165, 1.54) is 0 Å². The van der Waals surface area contributed by atoms with Crippen LogP contribution >= 0.6 is 12.4 Å². The molecule has 154 valence electrons. The minimum Gasteiger partial charge on any atom is -0.312 e. The van der Waals surface area contributed by atoms with Gasteiger partial charge in [-0.2, -0.15) is 10.2 Å². The van der Waals surface area contributed by atoms with E-state index in [1.54, 1.807) is 4.68 Å². The highest BCUT2D eigenvalue weighted by Crippen LogP contribution is 2.27. The van der Waals surface area contributed by atoms with E-state index >= 15 is 0 Å². The zero-order chi connectivity index (χ0) is 19.9. The maximum Gasteiger partial charge on any atom is 0.277 e. The van der Waals surface area contributed by atoms with Gasteiger partial charge in [-0.15, -0.1) is 12.4 Å². The van der Waals surface area contributed by atoms with Gasteiger partial charge in [0.25, 0.3) is 5.91 Å². The van der Waals surface area contributed by atoms with Crippen LogP contribution in [-0.2, 0) is 18.4 Å². The lowest BCUT2D eigenvalue weighted by molar-refractivity contribution is 0.102. The van der Waals surface area contributed by atoms with Crippen LogP contribution < -0.4 is 10.6 Å². The molecule has 3 N–H and O–H groups in total. The van der Waals surface area contributed by atoms with Crippen molar-refractivity contribution in [3.8, 4) is 5.69 Å². The molecule has 0 spiro atoms. The van der Waals surface area contributed by atoms with E-state index in [-0.39, 0.29) is 23.7 Å². The Hall–Kier alpha value is -2.64. The molecule has 1 aliphatic heterocycles. The summed E-state index contributed by atoms with van der Waals surface area (Å²) in [6.07, 6.45) is 0.852. The Morgan fingerprint density at radius 2 is 2.03 bits per heavy atom. The number of rotatable bonds is 3. The average molecular weight is 415 g/mol. The molecule has 3 heterocycles. The van der Waals surface area contributed by atoms with Gasteiger partial charge in [-0.25, -0.2) is 4.68 Å². The van der Waals surface area contributed by atoms with Crippen molar-refractivity contribution in [1.82, 2.24) is 25.3 Å². The summed E-state index contributed by atoms with van der Waals surface area (Å²) in [4.78, 5) is 13.0. The summed E-state index contributed by atoms with van der Waals surface area (Å²) in [6.45, 7) is 9.91. The van der Waals surface area contributed by atoms with Crippen molar-refractivity contribution < 1.29 is 4.79 Å². The molecule has 1 aromatic carbocycles. The van der Waals surface area contributed by atoms with Gasteiger partial charge in [0, 0.05) is 42.2 Å². The minimum atomic E-state index is -0.226. The number of nitrogens with one attached hydrogen (secondary N) is 3. The van der Waals surface area contributed by atoms with Gasteiger partial charge in [0.1, 0.15) is 5.82 Å². The van der Waals surface area contributed by atoms with Crippen LogP contribution in [0.3, 0.4) is 0 Å². The first kappa shape index (κ1) is 21.1. The van der Waals surface area contributed by atoms with Crippen LogP contribution in [0, 0.1) is 6.92 Å². The molecule has 0 unspecified atom stereocenters. The quantitative estimate of drug-likeness (QED) is 0.611. The fraction of sp³-hybridized carbons (Fsp3) is 0.381. The van der Waals surface area contributed by atoms with Crippen molar-refractivity contribution in [3.63, 3.8) is 0 Å². The second kappa shape index (κ2) is 8.00. The van der Waals surface area contributed by atoms with Crippen molar-refractivity contribution in [2.45, 2.75) is 46.1 Å². The predicted molar refractivity (Wildman–Crippen MR) is 116 cm³/mol. The number of amides is 1. The number of aromatic amines is 1. The maximum absolute atomic E-state index is 13.0. The third-order valence-corrected chi connectivity index (χ3v) is 4.99. The van der Waals surface area contributed by atoms with Gasteiger partial charge < -0.3 is 10.6 Å². The van der Waals surface area contributed by atoms with Gasteiger partial charge in [0.2, 0.25) is 0 Å². The molecule has 0 atom stereocenters. The minimum absolute atomic E-state index is 0. The van der Waals surface area contributed by atoms with E-state index in [0.29, 0.717) is 18.1 Å². The summed E-state index contributed by atoms with van der Waals surface area (Å²) in [5.74, 6) is 0.413. The molecule has 0 saturated heterocycles. The fourth-order valence-electron chi connectivity index (χ4n) is 3.38. The van der Waals surface area contributed by atoms with Crippen LogP contribution in [0.5, 0.6) is 0 Å². The lowest BCUT2D eigenvalue weighted by Crippen LogP contribution is -2.25. The number of fused-ring (bicyclic) bond motifs is 1. The maximum atomic E-state index is 13.0. The largest absolute Gasteiger partial charge is 0.312 e. The van der Waals surface area contributed by atoms with Gasteiger partial charge in [0.05, 0.1) is 11.4 Å². The summed E-state index contributed by atoms with van der Waals surface area (Å²) in [6, 6.07) is 10.0. The van der Waals surface area contributed by atoms with Gasteiger partial charge in [-0.1, -0.05) is 32.9 Å². The molecular weight excluding hydrogens is 388 g/mol. The van der Waals surface area contributed by atoms with Gasteiger partial charge in [-0.05, 0) is 24.6 Å². The third-order valence-electron chi connectivity index (χ3n) is 4.99. The highest BCUT2D eigenvalue weighted by molar-refractivity contribution is 6.03. The Labute approximate surface area is 176 Å². The summed E-state index contributed by atoms with van der Waals surface area (Å²) in [5, 5.41) is 18.4. The normalized spacial score (nSPS) is 13.5. The first-order chi connectivity index (χ1) is 13.3. The van der Waals surface area contributed by atoms with Crippen molar-refractivity contribution in [2.75, 3.05) is 11.9 Å². The number of carbonyl (C=O) groups excluding carboxylic acids is 1. The van der Waals surface area contributed by atoms with Crippen LogP contribution in [0.15, 0.2) is 30.3 Å². The molecule has 0 bridgehead atoms. The first-order valence-electron chi connectivity index (χ1n) is 9.59.